The van der Waals surface area contributed by atoms with Gasteiger partial charge in [0.1, 0.15) is 17.0 Å². The van der Waals surface area contributed by atoms with Crippen LogP contribution in [-0.4, -0.2) is 30.1 Å². The van der Waals surface area contributed by atoms with Crippen molar-refractivity contribution in [3.63, 3.8) is 0 Å². The molecule has 9 heteroatoms. The van der Waals surface area contributed by atoms with Crippen molar-refractivity contribution in [3.05, 3.63) is 185 Å². The fraction of sp³-hybridized carbons (Fsp3) is 0.0500. The summed E-state index contributed by atoms with van der Waals surface area (Å²) in [5.41, 5.74) is 7.04. The molecule has 0 bridgehead atoms. The highest BCUT2D eigenvalue weighted by Crippen LogP contribution is 2.41. The number of benzene rings is 4. The highest BCUT2D eigenvalue weighted by Gasteiger charge is 2.39. The summed E-state index contributed by atoms with van der Waals surface area (Å²) in [5, 5.41) is 9.94. The van der Waals surface area contributed by atoms with Crippen molar-refractivity contribution in [2.45, 2.75) is 12.5 Å². The first-order valence-corrected chi connectivity index (χ1v) is 16.6. The van der Waals surface area contributed by atoms with Crippen LogP contribution in [0.1, 0.15) is 32.7 Å². The predicted octanol–water partition coefficient (Wildman–Crippen LogP) is 8.86. The Hall–Kier alpha value is -6.19. The molecule has 0 saturated heterocycles. The minimum absolute atomic E-state index is 0.0581. The number of carbonyl (C=O) groups is 1. The Morgan fingerprint density at radius 2 is 1.39 bits per heavy atom. The fourth-order valence-corrected chi connectivity index (χ4v) is 7.07. The lowest BCUT2D eigenvalue weighted by molar-refractivity contribution is 0.102. The van der Waals surface area contributed by atoms with Crippen LogP contribution in [0.3, 0.4) is 0 Å². The number of hydrogen-bond donors (Lipinski definition) is 1. The third-order valence-corrected chi connectivity index (χ3v) is 9.56. The molecule has 0 fully saturated rings. The van der Waals surface area contributed by atoms with Crippen molar-refractivity contribution >= 4 is 28.0 Å². The van der Waals surface area contributed by atoms with Gasteiger partial charge in [-0.15, -0.1) is 11.3 Å². The quantitative estimate of drug-likeness (QED) is 0.165. The number of nitrogens with one attached hydrogen (secondary N) is 1. The molecule has 1 N–H and O–H groups in total. The van der Waals surface area contributed by atoms with Crippen LogP contribution in [0.25, 0.3) is 28.0 Å². The molecule has 0 radical (unpaired) electrons. The van der Waals surface area contributed by atoms with Crippen LogP contribution in [0.15, 0.2) is 151 Å². The first-order chi connectivity index (χ1) is 24.0. The van der Waals surface area contributed by atoms with E-state index in [1.807, 2.05) is 64.1 Å². The molecule has 7 nitrogen and oxygen atoms in total. The van der Waals surface area contributed by atoms with E-state index in [0.29, 0.717) is 22.0 Å². The van der Waals surface area contributed by atoms with Crippen LogP contribution >= 0.6 is 11.3 Å². The van der Waals surface area contributed by atoms with Gasteiger partial charge < -0.3 is 0 Å². The number of imidazole rings is 1. The molecule has 0 aliphatic rings. The maximum absolute atomic E-state index is 15.4. The van der Waals surface area contributed by atoms with Crippen molar-refractivity contribution < 1.29 is 9.18 Å². The molecule has 1 amide bonds. The van der Waals surface area contributed by atoms with Gasteiger partial charge in [0.25, 0.3) is 5.91 Å². The van der Waals surface area contributed by atoms with Gasteiger partial charge in [0.05, 0.1) is 29.3 Å². The van der Waals surface area contributed by atoms with E-state index in [1.54, 1.807) is 12.3 Å². The van der Waals surface area contributed by atoms with Crippen molar-refractivity contribution in [1.82, 2.24) is 24.1 Å². The topological polar surface area (TPSA) is 77.1 Å². The predicted molar refractivity (Wildman–Crippen MR) is 191 cm³/mol. The van der Waals surface area contributed by atoms with Crippen molar-refractivity contribution in [2.24, 2.45) is 0 Å². The van der Waals surface area contributed by atoms with E-state index in [-0.39, 0.29) is 5.56 Å². The Labute approximate surface area is 286 Å². The molecular weight excluding hydrogens is 632 g/mol. The molecule has 0 spiro atoms. The molecule has 0 saturated carbocycles. The van der Waals surface area contributed by atoms with Gasteiger partial charge in [-0.25, -0.2) is 14.4 Å². The number of thiazole rings is 1. The summed E-state index contributed by atoms with van der Waals surface area (Å²) in [6.45, 7) is 1.84. The SMILES string of the molecule is Cc1csc(NC(=O)c2ccc(-c3cnc4ccc(-c5cnn(C(c6ccccc6)(c6ccccc6)c6ccccc6)c5)cn34)cc2F)n1. The maximum atomic E-state index is 15.4. The first-order valence-electron chi connectivity index (χ1n) is 15.7. The summed E-state index contributed by atoms with van der Waals surface area (Å²) < 4.78 is 19.3. The molecule has 0 unspecified atom stereocenters. The number of anilines is 1. The Morgan fingerprint density at radius 3 is 1.98 bits per heavy atom. The summed E-state index contributed by atoms with van der Waals surface area (Å²) in [7, 11) is 0. The molecule has 0 aliphatic carbocycles. The summed E-state index contributed by atoms with van der Waals surface area (Å²) in [4.78, 5) is 21.6. The number of nitrogens with zero attached hydrogens (tertiary/aromatic N) is 5. The van der Waals surface area contributed by atoms with Crippen molar-refractivity contribution in [3.8, 4) is 22.4 Å². The molecule has 4 aromatic heterocycles. The molecular formula is C40H29FN6OS. The highest BCUT2D eigenvalue weighted by atomic mass is 32.1. The van der Waals surface area contributed by atoms with Gasteiger partial charge >= 0.3 is 0 Å². The van der Waals surface area contributed by atoms with Crippen LogP contribution in [0, 0.1) is 12.7 Å². The number of halogens is 1. The van der Waals surface area contributed by atoms with E-state index < -0.39 is 17.3 Å². The number of amides is 1. The van der Waals surface area contributed by atoms with E-state index >= 15 is 4.39 Å². The van der Waals surface area contributed by atoms with Gasteiger partial charge in [-0.05, 0) is 47.9 Å². The lowest BCUT2D eigenvalue weighted by atomic mass is 9.77. The number of pyridine rings is 1. The number of hydrogen-bond acceptors (Lipinski definition) is 5. The first kappa shape index (κ1) is 30.2. The molecule has 238 valence electrons. The summed E-state index contributed by atoms with van der Waals surface area (Å²) in [6, 6.07) is 39.7. The van der Waals surface area contributed by atoms with Gasteiger partial charge in [-0.2, -0.15) is 5.10 Å². The Balaban J connectivity index is 1.19. The van der Waals surface area contributed by atoms with E-state index in [4.69, 9.17) is 5.10 Å². The molecule has 4 aromatic carbocycles. The minimum atomic E-state index is -0.740. The molecule has 8 aromatic rings. The second kappa shape index (κ2) is 12.4. The Bertz CT molecular complexity index is 2320. The summed E-state index contributed by atoms with van der Waals surface area (Å²) in [5.74, 6) is -1.18. The zero-order chi connectivity index (χ0) is 33.4. The summed E-state index contributed by atoms with van der Waals surface area (Å²) in [6.07, 6.45) is 7.64. The van der Waals surface area contributed by atoms with Crippen LogP contribution < -0.4 is 5.32 Å². The number of aryl methyl sites for hydroxylation is 1. The van der Waals surface area contributed by atoms with Gasteiger partial charge in [-0.1, -0.05) is 97.1 Å². The van der Waals surface area contributed by atoms with E-state index in [0.717, 1.165) is 33.5 Å². The van der Waals surface area contributed by atoms with Gasteiger partial charge in [-0.3, -0.25) is 19.2 Å². The van der Waals surface area contributed by atoms with E-state index in [2.05, 4.69) is 94.3 Å². The minimum Gasteiger partial charge on any atom is -0.299 e. The van der Waals surface area contributed by atoms with Gasteiger partial charge in [0.2, 0.25) is 0 Å². The molecule has 4 heterocycles. The number of fused-ring (bicyclic) bond motifs is 1. The monoisotopic (exact) mass is 660 g/mol. The Morgan fingerprint density at radius 1 is 0.755 bits per heavy atom. The maximum Gasteiger partial charge on any atom is 0.260 e. The van der Waals surface area contributed by atoms with Crippen LogP contribution in [-0.2, 0) is 5.54 Å². The molecule has 0 aliphatic heterocycles. The van der Waals surface area contributed by atoms with Crippen LogP contribution in [0.4, 0.5) is 9.52 Å². The van der Waals surface area contributed by atoms with E-state index in [1.165, 1.54) is 23.5 Å². The number of carbonyl (C=O) groups excluding carboxylic acids is 1. The average Bonchev–Trinajstić information content (AvgIpc) is 3.90. The number of rotatable bonds is 8. The smallest absolute Gasteiger partial charge is 0.260 e. The average molecular weight is 661 g/mol. The lowest BCUT2D eigenvalue weighted by Gasteiger charge is -2.36. The standard InChI is InChI=1S/C40H29FN6OS/c1-27-26-49-39(44-27)45-38(48)34-19-17-28(21-35(34)41)36-23-42-37-20-18-29(24-46(36)37)30-22-43-47(25-30)40(31-11-5-2-6-12-31,32-13-7-3-8-14-32)33-15-9-4-10-16-33/h2-26H,1H3,(H,44,45,48). The van der Waals surface area contributed by atoms with Crippen LogP contribution in [0.5, 0.6) is 0 Å². The normalized spacial score (nSPS) is 11.6. The zero-order valence-corrected chi connectivity index (χ0v) is 27.2. The van der Waals surface area contributed by atoms with Crippen LogP contribution in [0.2, 0.25) is 0 Å². The summed E-state index contributed by atoms with van der Waals surface area (Å²) >= 11 is 1.30. The van der Waals surface area contributed by atoms with Crippen molar-refractivity contribution in [2.75, 3.05) is 5.32 Å². The van der Waals surface area contributed by atoms with Gasteiger partial charge in [0, 0.05) is 34.5 Å². The zero-order valence-electron chi connectivity index (χ0n) is 26.4. The largest absolute Gasteiger partial charge is 0.299 e. The third-order valence-electron chi connectivity index (χ3n) is 8.69. The Kier molecular flexibility index (Phi) is 7.66. The van der Waals surface area contributed by atoms with Gasteiger partial charge in [0.15, 0.2) is 5.13 Å². The number of aromatic nitrogens is 5. The van der Waals surface area contributed by atoms with E-state index in [9.17, 15) is 4.79 Å². The molecule has 49 heavy (non-hydrogen) atoms. The highest BCUT2D eigenvalue weighted by molar-refractivity contribution is 7.13. The lowest BCUT2D eigenvalue weighted by Crippen LogP contribution is -2.38. The fourth-order valence-electron chi connectivity index (χ4n) is 6.39. The molecule has 0 atom stereocenters. The second-order valence-corrected chi connectivity index (χ2v) is 12.6. The van der Waals surface area contributed by atoms with Crippen molar-refractivity contribution in [1.29, 1.82) is 0 Å². The third kappa shape index (κ3) is 5.40. The second-order valence-electron chi connectivity index (χ2n) is 11.7. The molecule has 8 rings (SSSR count).